The Hall–Kier alpha value is -3.41. The summed E-state index contributed by atoms with van der Waals surface area (Å²) in [5.41, 5.74) is 0. The lowest BCUT2D eigenvalue weighted by molar-refractivity contribution is -0.167. The zero-order chi connectivity index (χ0) is 48.6. The van der Waals surface area contributed by atoms with Gasteiger partial charge in [-0.2, -0.15) is 0 Å². The third-order valence-electron chi connectivity index (χ3n) is 12.0. The molecule has 0 aliphatic carbocycles. The fourth-order valence-corrected chi connectivity index (χ4v) is 7.75. The van der Waals surface area contributed by atoms with Crippen molar-refractivity contribution in [3.63, 3.8) is 0 Å². The van der Waals surface area contributed by atoms with Gasteiger partial charge in [-0.1, -0.05) is 241 Å². The normalized spacial score (nSPS) is 12.7. The van der Waals surface area contributed by atoms with Crippen LogP contribution in [0.25, 0.3) is 0 Å². The van der Waals surface area contributed by atoms with E-state index in [1.807, 2.05) is 48.6 Å². The molecule has 0 aliphatic rings. The standard InChI is InChI=1S/C61H104O6/c1-4-7-10-13-16-19-22-25-28-30-31-34-36-39-42-45-48-51-54-60(63)66-57-58(56-65-59(62)53-50-47-44-41-38-35-32-27-24-21-18-15-12-9-6-3)67-61(64)55-52-49-46-43-40-37-33-29-26-23-20-17-14-11-8-5-2/h9,12,15,18,21,24,27,29,31-35,38,58H,4-8,10-11,13-14,16-17,19-20,22-23,25-26,28,30,36-37,39-57H2,1-3H3/b12-9-,18-15-,24-21-,32-27-,33-29-,34-31-,38-35-. The van der Waals surface area contributed by atoms with E-state index in [0.717, 1.165) is 89.9 Å². The van der Waals surface area contributed by atoms with Crippen molar-refractivity contribution in [1.29, 1.82) is 0 Å². The van der Waals surface area contributed by atoms with Gasteiger partial charge in [0.2, 0.25) is 0 Å². The van der Waals surface area contributed by atoms with Crippen LogP contribution in [0.15, 0.2) is 85.1 Å². The molecule has 0 aromatic heterocycles. The Kier molecular flexibility index (Phi) is 52.4. The van der Waals surface area contributed by atoms with E-state index in [9.17, 15) is 14.4 Å². The Labute approximate surface area is 414 Å². The molecule has 0 bridgehead atoms. The number of esters is 3. The van der Waals surface area contributed by atoms with Gasteiger partial charge in [-0.15, -0.1) is 0 Å². The van der Waals surface area contributed by atoms with Crippen LogP contribution in [-0.2, 0) is 28.6 Å². The van der Waals surface area contributed by atoms with Crippen molar-refractivity contribution in [1.82, 2.24) is 0 Å². The SMILES string of the molecule is CC\C=C/C=C\C=C/C=C\C=C/CCCCCC(=O)OCC(COC(=O)CCCCCCC/C=C\CCCCCCCCCCC)OC(=O)CCCCCCC/C=C\CCCCCCCCC. The Bertz CT molecular complexity index is 1300. The highest BCUT2D eigenvalue weighted by molar-refractivity contribution is 5.71. The number of ether oxygens (including phenoxy) is 3. The van der Waals surface area contributed by atoms with E-state index in [-0.39, 0.29) is 31.1 Å². The van der Waals surface area contributed by atoms with E-state index in [2.05, 4.69) is 57.2 Å². The van der Waals surface area contributed by atoms with Crippen molar-refractivity contribution >= 4 is 17.9 Å². The number of hydrogen-bond acceptors (Lipinski definition) is 6. The summed E-state index contributed by atoms with van der Waals surface area (Å²) in [7, 11) is 0. The lowest BCUT2D eigenvalue weighted by atomic mass is 10.1. The lowest BCUT2D eigenvalue weighted by Gasteiger charge is -2.18. The number of unbranched alkanes of at least 4 members (excludes halogenated alkanes) is 29. The molecule has 384 valence electrons. The van der Waals surface area contributed by atoms with E-state index >= 15 is 0 Å². The van der Waals surface area contributed by atoms with Gasteiger partial charge in [-0.3, -0.25) is 14.4 Å². The molecule has 0 radical (unpaired) electrons. The van der Waals surface area contributed by atoms with Gasteiger partial charge in [0, 0.05) is 19.3 Å². The van der Waals surface area contributed by atoms with Gasteiger partial charge < -0.3 is 14.2 Å². The third-order valence-corrected chi connectivity index (χ3v) is 12.0. The topological polar surface area (TPSA) is 78.9 Å². The molecule has 0 aliphatic heterocycles. The molecule has 6 heteroatoms. The molecular formula is C61H104O6. The molecule has 0 heterocycles. The summed E-state index contributed by atoms with van der Waals surface area (Å²) in [4.78, 5) is 38.1. The molecule has 0 spiro atoms. The van der Waals surface area contributed by atoms with Gasteiger partial charge in [-0.25, -0.2) is 0 Å². The highest BCUT2D eigenvalue weighted by atomic mass is 16.6. The minimum atomic E-state index is -0.802. The molecule has 67 heavy (non-hydrogen) atoms. The lowest BCUT2D eigenvalue weighted by Crippen LogP contribution is -2.30. The molecule has 0 N–H and O–H groups in total. The van der Waals surface area contributed by atoms with Crippen molar-refractivity contribution < 1.29 is 28.6 Å². The predicted molar refractivity (Wildman–Crippen MR) is 288 cm³/mol. The second kappa shape index (κ2) is 55.2. The fourth-order valence-electron chi connectivity index (χ4n) is 7.75. The summed E-state index contributed by atoms with van der Waals surface area (Å²) in [6.45, 7) is 6.46. The van der Waals surface area contributed by atoms with E-state index in [0.29, 0.717) is 19.3 Å². The smallest absolute Gasteiger partial charge is 0.306 e. The van der Waals surface area contributed by atoms with Crippen LogP contribution in [0.3, 0.4) is 0 Å². The van der Waals surface area contributed by atoms with Crippen LogP contribution in [-0.4, -0.2) is 37.2 Å². The van der Waals surface area contributed by atoms with Gasteiger partial charge in [0.05, 0.1) is 0 Å². The second-order valence-electron chi connectivity index (χ2n) is 18.6. The summed E-state index contributed by atoms with van der Waals surface area (Å²) in [5, 5.41) is 0. The first kappa shape index (κ1) is 63.6. The van der Waals surface area contributed by atoms with E-state index in [1.165, 1.54) is 135 Å². The number of allylic oxidation sites excluding steroid dienone is 14. The third kappa shape index (κ3) is 53.4. The first-order valence-corrected chi connectivity index (χ1v) is 28.2. The van der Waals surface area contributed by atoms with Crippen LogP contribution in [0.5, 0.6) is 0 Å². The maximum atomic E-state index is 12.8. The van der Waals surface area contributed by atoms with Crippen LogP contribution in [0.1, 0.15) is 265 Å². The summed E-state index contributed by atoms with van der Waals surface area (Å²) in [6.07, 6.45) is 71.4. The van der Waals surface area contributed by atoms with Crippen molar-refractivity contribution in [2.75, 3.05) is 13.2 Å². The first-order chi connectivity index (χ1) is 33.0. The predicted octanol–water partition coefficient (Wildman–Crippen LogP) is 18.8. The van der Waals surface area contributed by atoms with E-state index in [1.54, 1.807) is 0 Å². The molecule has 1 unspecified atom stereocenters. The van der Waals surface area contributed by atoms with Crippen molar-refractivity contribution in [2.45, 2.75) is 271 Å². The first-order valence-electron chi connectivity index (χ1n) is 28.2. The number of rotatable bonds is 50. The molecule has 0 aromatic rings. The number of carbonyl (C=O) groups is 3. The molecule has 0 fully saturated rings. The molecule has 1 atom stereocenters. The Balaban J connectivity index is 4.46. The summed E-state index contributed by atoms with van der Waals surface area (Å²) < 4.78 is 16.8. The number of carbonyl (C=O) groups excluding carboxylic acids is 3. The minimum Gasteiger partial charge on any atom is -0.462 e. The summed E-state index contributed by atoms with van der Waals surface area (Å²) >= 11 is 0. The van der Waals surface area contributed by atoms with E-state index in [4.69, 9.17) is 14.2 Å². The molecule has 6 nitrogen and oxygen atoms in total. The van der Waals surface area contributed by atoms with Crippen LogP contribution < -0.4 is 0 Å². The maximum Gasteiger partial charge on any atom is 0.306 e. The zero-order valence-electron chi connectivity index (χ0n) is 43.9. The second-order valence-corrected chi connectivity index (χ2v) is 18.6. The van der Waals surface area contributed by atoms with Gasteiger partial charge in [0.1, 0.15) is 13.2 Å². The van der Waals surface area contributed by atoms with Crippen LogP contribution in [0, 0.1) is 0 Å². The molecular weight excluding hydrogens is 829 g/mol. The quantitative estimate of drug-likeness (QED) is 0.0199. The van der Waals surface area contributed by atoms with Gasteiger partial charge in [-0.05, 0) is 89.9 Å². The Morgan fingerprint density at radius 2 is 0.597 bits per heavy atom. The maximum absolute atomic E-state index is 12.8. The van der Waals surface area contributed by atoms with Crippen molar-refractivity contribution in [3.8, 4) is 0 Å². The highest BCUT2D eigenvalue weighted by Gasteiger charge is 2.19. The molecule has 0 amide bonds. The van der Waals surface area contributed by atoms with Crippen molar-refractivity contribution in [3.05, 3.63) is 85.1 Å². The highest BCUT2D eigenvalue weighted by Crippen LogP contribution is 2.15. The van der Waals surface area contributed by atoms with Gasteiger partial charge in [0.15, 0.2) is 6.10 Å². The average molecular weight is 933 g/mol. The Morgan fingerprint density at radius 1 is 0.313 bits per heavy atom. The number of hydrogen-bond donors (Lipinski definition) is 0. The van der Waals surface area contributed by atoms with Crippen molar-refractivity contribution in [2.24, 2.45) is 0 Å². The summed E-state index contributed by atoms with van der Waals surface area (Å²) in [5.74, 6) is -0.953. The average Bonchev–Trinajstić information content (AvgIpc) is 3.33. The minimum absolute atomic E-state index is 0.0979. The van der Waals surface area contributed by atoms with Crippen LogP contribution in [0.4, 0.5) is 0 Å². The largest absolute Gasteiger partial charge is 0.462 e. The fraction of sp³-hybridized carbons (Fsp3) is 0.721. The molecule has 0 saturated heterocycles. The Morgan fingerprint density at radius 3 is 0.970 bits per heavy atom. The van der Waals surface area contributed by atoms with Gasteiger partial charge >= 0.3 is 17.9 Å². The van der Waals surface area contributed by atoms with E-state index < -0.39 is 6.10 Å². The molecule has 0 aromatic carbocycles. The molecule has 0 saturated carbocycles. The molecule has 0 rings (SSSR count). The zero-order valence-corrected chi connectivity index (χ0v) is 43.9. The monoisotopic (exact) mass is 933 g/mol. The van der Waals surface area contributed by atoms with Gasteiger partial charge in [0.25, 0.3) is 0 Å². The van der Waals surface area contributed by atoms with Crippen LogP contribution in [0.2, 0.25) is 0 Å². The van der Waals surface area contributed by atoms with Crippen LogP contribution >= 0.6 is 0 Å². The summed E-state index contributed by atoms with van der Waals surface area (Å²) in [6, 6.07) is 0.